The van der Waals surface area contributed by atoms with Crippen LogP contribution in [-0.4, -0.2) is 24.0 Å². The first-order chi connectivity index (χ1) is 11.9. The zero-order chi connectivity index (χ0) is 18.1. The molecule has 0 N–H and O–H groups in total. The minimum Gasteiger partial charge on any atom is -0.490 e. The molecular formula is C18H17FN2O4. The number of rotatable bonds is 3. The van der Waals surface area contributed by atoms with Gasteiger partial charge in [-0.05, 0) is 55.7 Å². The second-order valence-corrected chi connectivity index (χ2v) is 5.98. The summed E-state index contributed by atoms with van der Waals surface area (Å²) < 4.78 is 18.4. The van der Waals surface area contributed by atoms with Crippen molar-refractivity contribution in [2.24, 2.45) is 0 Å². The second-order valence-electron chi connectivity index (χ2n) is 5.98. The number of aryl methyl sites for hydroxylation is 1. The lowest BCUT2D eigenvalue weighted by Gasteiger charge is -2.35. The first-order valence-corrected chi connectivity index (χ1v) is 7.86. The lowest BCUT2D eigenvalue weighted by Crippen LogP contribution is -2.42. The second kappa shape index (κ2) is 6.51. The van der Waals surface area contributed by atoms with Crippen LogP contribution in [0.3, 0.4) is 0 Å². The summed E-state index contributed by atoms with van der Waals surface area (Å²) in [6.45, 7) is 1.90. The Hall–Kier alpha value is -2.96. The fraction of sp³-hybridized carbons (Fsp3) is 0.278. The molecule has 1 aliphatic heterocycles. The van der Waals surface area contributed by atoms with Gasteiger partial charge in [0.05, 0.1) is 12.0 Å². The average molecular weight is 344 g/mol. The van der Waals surface area contributed by atoms with Gasteiger partial charge in [0.2, 0.25) is 0 Å². The van der Waals surface area contributed by atoms with E-state index in [0.717, 1.165) is 5.56 Å². The molecule has 2 aromatic carbocycles. The van der Waals surface area contributed by atoms with Gasteiger partial charge in [0.15, 0.2) is 5.75 Å². The van der Waals surface area contributed by atoms with Gasteiger partial charge in [0, 0.05) is 23.4 Å². The topological polar surface area (TPSA) is 72.7 Å². The monoisotopic (exact) mass is 344 g/mol. The number of nitrogens with zero attached hydrogens (tertiary/aromatic N) is 2. The van der Waals surface area contributed by atoms with Crippen LogP contribution < -0.4 is 9.64 Å². The predicted molar refractivity (Wildman–Crippen MR) is 90.6 cm³/mol. The van der Waals surface area contributed by atoms with E-state index >= 15 is 0 Å². The van der Waals surface area contributed by atoms with Crippen molar-refractivity contribution in [3.8, 4) is 5.75 Å². The van der Waals surface area contributed by atoms with Gasteiger partial charge < -0.3 is 9.64 Å². The maximum Gasteiger partial charge on any atom is 0.311 e. The van der Waals surface area contributed by atoms with Crippen molar-refractivity contribution in [2.45, 2.75) is 25.8 Å². The normalized spacial score (nSPS) is 16.3. The molecule has 0 spiro atoms. The number of carbonyl (C=O) groups excluding carboxylic acids is 1. The molecule has 0 bridgehead atoms. The van der Waals surface area contributed by atoms with Crippen LogP contribution in [0.1, 0.15) is 29.3 Å². The summed E-state index contributed by atoms with van der Waals surface area (Å²) in [5, 5.41) is 11.2. The van der Waals surface area contributed by atoms with Gasteiger partial charge in [-0.2, -0.15) is 0 Å². The largest absolute Gasteiger partial charge is 0.490 e. The van der Waals surface area contributed by atoms with E-state index < -0.39 is 4.92 Å². The number of carbonyl (C=O) groups is 1. The summed E-state index contributed by atoms with van der Waals surface area (Å²) in [4.78, 5) is 25.2. The van der Waals surface area contributed by atoms with Crippen molar-refractivity contribution in [1.29, 1.82) is 0 Å². The van der Waals surface area contributed by atoms with Gasteiger partial charge in [-0.1, -0.05) is 0 Å². The molecule has 0 aliphatic carbocycles. The van der Waals surface area contributed by atoms with E-state index in [4.69, 9.17) is 4.74 Å². The molecule has 25 heavy (non-hydrogen) atoms. The number of halogens is 1. The third-order valence-electron chi connectivity index (χ3n) is 4.41. The molecule has 130 valence electrons. The Morgan fingerprint density at radius 1 is 1.32 bits per heavy atom. The Labute approximate surface area is 144 Å². The lowest BCUT2D eigenvalue weighted by molar-refractivity contribution is -0.385. The molecule has 3 rings (SSSR count). The lowest BCUT2D eigenvalue weighted by atomic mass is 9.95. The van der Waals surface area contributed by atoms with E-state index in [0.29, 0.717) is 18.5 Å². The Balaban J connectivity index is 2.04. The Morgan fingerprint density at radius 2 is 2.08 bits per heavy atom. The summed E-state index contributed by atoms with van der Waals surface area (Å²) in [6.07, 6.45) is 1.38. The zero-order valence-corrected chi connectivity index (χ0v) is 13.9. The van der Waals surface area contributed by atoms with Crippen molar-refractivity contribution in [2.75, 3.05) is 12.0 Å². The number of ether oxygens (including phenoxy) is 1. The molecule has 0 radical (unpaired) electrons. The van der Waals surface area contributed by atoms with Crippen LogP contribution in [0, 0.1) is 15.9 Å². The van der Waals surface area contributed by atoms with Gasteiger partial charge in [-0.15, -0.1) is 0 Å². The van der Waals surface area contributed by atoms with E-state index in [2.05, 4.69) is 0 Å². The van der Waals surface area contributed by atoms with Crippen molar-refractivity contribution < 1.29 is 18.8 Å². The highest BCUT2D eigenvalue weighted by molar-refractivity contribution is 6.07. The highest BCUT2D eigenvalue weighted by Gasteiger charge is 2.30. The molecule has 2 aromatic rings. The average Bonchev–Trinajstić information content (AvgIpc) is 2.60. The first-order valence-electron chi connectivity index (χ1n) is 7.86. The number of methoxy groups -OCH3 is 1. The molecule has 0 saturated heterocycles. The van der Waals surface area contributed by atoms with E-state index in [1.807, 2.05) is 6.92 Å². The molecular weight excluding hydrogens is 327 g/mol. The summed E-state index contributed by atoms with van der Waals surface area (Å²) in [5.74, 6) is -0.609. The van der Waals surface area contributed by atoms with Gasteiger partial charge in [0.25, 0.3) is 5.91 Å². The minimum absolute atomic E-state index is 0.0911. The summed E-state index contributed by atoms with van der Waals surface area (Å²) >= 11 is 0. The standard InChI is InChI=1S/C18H17FN2O4/c1-11-3-4-12-9-14(19)6-7-15(12)20(11)18(22)13-5-8-17(25-2)16(10-13)21(23)24/h5-11H,3-4H2,1-2H3/t11-/m1/s1. The van der Waals surface area contributed by atoms with Gasteiger partial charge >= 0.3 is 5.69 Å². The summed E-state index contributed by atoms with van der Waals surface area (Å²) in [5.41, 5.74) is 1.33. The van der Waals surface area contributed by atoms with Crippen molar-refractivity contribution >= 4 is 17.3 Å². The highest BCUT2D eigenvalue weighted by Crippen LogP contribution is 2.34. The van der Waals surface area contributed by atoms with Crippen LogP contribution in [0.25, 0.3) is 0 Å². The SMILES string of the molecule is COc1ccc(C(=O)N2c3ccc(F)cc3CC[C@H]2C)cc1[N+](=O)[O-]. The van der Waals surface area contributed by atoms with Crippen LogP contribution in [0.5, 0.6) is 5.75 Å². The molecule has 7 heteroatoms. The van der Waals surface area contributed by atoms with Gasteiger partial charge in [0.1, 0.15) is 5.82 Å². The maximum atomic E-state index is 13.5. The molecule has 0 saturated carbocycles. The third kappa shape index (κ3) is 3.05. The number of hydrogen-bond acceptors (Lipinski definition) is 4. The van der Waals surface area contributed by atoms with E-state index in [1.54, 1.807) is 11.0 Å². The predicted octanol–water partition coefficient (Wildman–Crippen LogP) is 3.72. The van der Waals surface area contributed by atoms with Crippen LogP contribution in [0.4, 0.5) is 15.8 Å². The number of amides is 1. The van der Waals surface area contributed by atoms with E-state index in [9.17, 15) is 19.3 Å². The minimum atomic E-state index is -0.585. The molecule has 0 fully saturated rings. The molecule has 0 aromatic heterocycles. The highest BCUT2D eigenvalue weighted by atomic mass is 19.1. The summed E-state index contributed by atoms with van der Waals surface area (Å²) in [6, 6.07) is 8.35. The maximum absolute atomic E-state index is 13.5. The van der Waals surface area contributed by atoms with Crippen LogP contribution >= 0.6 is 0 Å². The fourth-order valence-corrected chi connectivity index (χ4v) is 3.13. The number of nitro groups is 1. The number of hydrogen-bond donors (Lipinski definition) is 0. The quantitative estimate of drug-likeness (QED) is 0.628. The summed E-state index contributed by atoms with van der Waals surface area (Å²) in [7, 11) is 1.33. The van der Waals surface area contributed by atoms with E-state index in [-0.39, 0.29) is 34.8 Å². The zero-order valence-electron chi connectivity index (χ0n) is 13.9. The molecule has 1 atom stereocenters. The molecule has 6 nitrogen and oxygen atoms in total. The van der Waals surface area contributed by atoms with Crippen molar-refractivity contribution in [3.05, 3.63) is 63.5 Å². The molecule has 1 amide bonds. The van der Waals surface area contributed by atoms with Crippen LogP contribution in [0.15, 0.2) is 36.4 Å². The van der Waals surface area contributed by atoms with Crippen molar-refractivity contribution in [3.63, 3.8) is 0 Å². The van der Waals surface area contributed by atoms with Crippen LogP contribution in [-0.2, 0) is 6.42 Å². The number of nitro benzene ring substituents is 1. The van der Waals surface area contributed by atoms with Crippen molar-refractivity contribution in [1.82, 2.24) is 0 Å². The first kappa shape index (κ1) is 16.9. The number of fused-ring (bicyclic) bond motifs is 1. The van der Waals surface area contributed by atoms with Gasteiger partial charge in [-0.25, -0.2) is 4.39 Å². The van der Waals surface area contributed by atoms with Gasteiger partial charge in [-0.3, -0.25) is 14.9 Å². The van der Waals surface area contributed by atoms with Crippen LogP contribution in [0.2, 0.25) is 0 Å². The Morgan fingerprint density at radius 3 is 2.76 bits per heavy atom. The Kier molecular flexibility index (Phi) is 4.39. The number of anilines is 1. The molecule has 1 aliphatic rings. The molecule has 1 heterocycles. The Bertz CT molecular complexity index is 853. The number of benzene rings is 2. The van der Waals surface area contributed by atoms with E-state index in [1.165, 1.54) is 37.4 Å². The fourth-order valence-electron chi connectivity index (χ4n) is 3.13. The smallest absolute Gasteiger partial charge is 0.311 e. The molecule has 0 unspecified atom stereocenters. The third-order valence-corrected chi connectivity index (χ3v) is 4.41.